The minimum atomic E-state index is -0.586. The molecule has 37 heavy (non-hydrogen) atoms. The summed E-state index contributed by atoms with van der Waals surface area (Å²) in [4.78, 5) is 59.7. The average Bonchev–Trinajstić information content (AvgIpc) is 3.58. The molecule has 3 aliphatic rings. The lowest BCUT2D eigenvalue weighted by atomic mass is 9.69. The topological polar surface area (TPSA) is 90.6 Å². The van der Waals surface area contributed by atoms with Crippen LogP contribution in [0.25, 0.3) is 0 Å². The van der Waals surface area contributed by atoms with E-state index in [1.807, 2.05) is 54.6 Å². The van der Waals surface area contributed by atoms with Gasteiger partial charge in [0, 0.05) is 24.2 Å². The Kier molecular flexibility index (Phi) is 5.59. The predicted molar refractivity (Wildman–Crippen MR) is 139 cm³/mol. The molecule has 3 heterocycles. The predicted octanol–water partition coefficient (Wildman–Crippen LogP) is 4.48. The molecule has 2 aliphatic heterocycles. The van der Waals surface area contributed by atoms with Gasteiger partial charge in [-0.2, -0.15) is 0 Å². The molecule has 1 N–H and O–H groups in total. The number of H-pyrrole nitrogens is 1. The maximum atomic E-state index is 13.6. The van der Waals surface area contributed by atoms with E-state index in [1.165, 1.54) is 9.80 Å². The van der Waals surface area contributed by atoms with Crippen molar-refractivity contribution in [3.05, 3.63) is 83.2 Å². The molecule has 0 bridgehead atoms. The van der Waals surface area contributed by atoms with E-state index in [1.54, 1.807) is 6.20 Å². The summed E-state index contributed by atoms with van der Waals surface area (Å²) >= 11 is 0. The highest BCUT2D eigenvalue weighted by Crippen LogP contribution is 2.52. The Morgan fingerprint density at radius 3 is 1.86 bits per heavy atom. The molecule has 2 fully saturated rings. The highest BCUT2D eigenvalue weighted by molar-refractivity contribution is 6.24. The molecule has 6 rings (SSSR count). The van der Waals surface area contributed by atoms with Gasteiger partial charge in [0.2, 0.25) is 23.6 Å². The van der Waals surface area contributed by atoms with E-state index in [0.29, 0.717) is 17.8 Å². The summed E-state index contributed by atoms with van der Waals surface area (Å²) in [6, 6.07) is 16.9. The zero-order valence-corrected chi connectivity index (χ0v) is 20.9. The van der Waals surface area contributed by atoms with E-state index >= 15 is 0 Å². The number of imide groups is 2. The molecule has 1 aliphatic carbocycles. The Morgan fingerprint density at radius 1 is 0.703 bits per heavy atom. The summed E-state index contributed by atoms with van der Waals surface area (Å²) in [5, 5.41) is 0. The fourth-order valence-electron chi connectivity index (χ4n) is 6.32. The molecular formula is C30H29N3O4. The van der Waals surface area contributed by atoms with Crippen molar-refractivity contribution in [3.8, 4) is 0 Å². The fraction of sp³-hybridized carbons (Fsp3) is 0.333. The first-order valence-corrected chi connectivity index (χ1v) is 13.0. The SMILES string of the molecule is CCc1ccc(N2C(=O)CC([C@H]3C[C@@H]4C(=O)N(c5ccc(CC)cc5)C(=O)[C@@H]4c4cc[nH]c43)C2=O)cc1. The third-order valence-electron chi connectivity index (χ3n) is 8.33. The minimum Gasteiger partial charge on any atom is -0.364 e. The van der Waals surface area contributed by atoms with Gasteiger partial charge < -0.3 is 4.98 Å². The van der Waals surface area contributed by atoms with Gasteiger partial charge in [-0.05, 0) is 66.3 Å². The van der Waals surface area contributed by atoms with Gasteiger partial charge >= 0.3 is 0 Å². The molecule has 3 aromatic rings. The molecule has 1 aromatic heterocycles. The summed E-state index contributed by atoms with van der Waals surface area (Å²) in [5.74, 6) is -3.03. The summed E-state index contributed by atoms with van der Waals surface area (Å²) in [5.41, 5.74) is 4.96. The second-order valence-electron chi connectivity index (χ2n) is 10.2. The lowest BCUT2D eigenvalue weighted by molar-refractivity contribution is -0.125. The molecule has 2 saturated heterocycles. The van der Waals surface area contributed by atoms with Crippen molar-refractivity contribution in [1.82, 2.24) is 4.98 Å². The van der Waals surface area contributed by atoms with Crippen LogP contribution in [0.3, 0.4) is 0 Å². The van der Waals surface area contributed by atoms with Gasteiger partial charge in [-0.15, -0.1) is 0 Å². The molecule has 0 radical (unpaired) electrons. The molecule has 0 saturated carbocycles. The van der Waals surface area contributed by atoms with E-state index in [4.69, 9.17) is 0 Å². The van der Waals surface area contributed by atoms with Crippen LogP contribution in [0.5, 0.6) is 0 Å². The maximum Gasteiger partial charge on any atom is 0.242 e. The van der Waals surface area contributed by atoms with Crippen LogP contribution in [0.15, 0.2) is 60.8 Å². The first kappa shape index (κ1) is 23.4. The number of nitrogens with one attached hydrogen (secondary N) is 1. The fourth-order valence-corrected chi connectivity index (χ4v) is 6.32. The largest absolute Gasteiger partial charge is 0.364 e. The van der Waals surface area contributed by atoms with Crippen LogP contribution in [0.2, 0.25) is 0 Å². The first-order chi connectivity index (χ1) is 17.9. The monoisotopic (exact) mass is 495 g/mol. The molecule has 7 nitrogen and oxygen atoms in total. The standard InChI is InChI=1S/C30H29N3O4/c1-3-17-5-9-19(10-6-17)32-25(34)16-23(28(32)35)22-15-24-26(21-13-14-31-27(21)22)30(37)33(29(24)36)20-11-7-18(4-2)8-12-20/h5-14,22-24,26,31H,3-4,15-16H2,1-2H3/t22-,23?,24+,26-/m1/s1. The minimum absolute atomic E-state index is 0.0825. The second kappa shape index (κ2) is 8.83. The number of carbonyl (C=O) groups excluding carboxylic acids is 4. The van der Waals surface area contributed by atoms with E-state index in [-0.39, 0.29) is 36.0 Å². The van der Waals surface area contributed by atoms with Crippen LogP contribution in [0.1, 0.15) is 60.9 Å². The van der Waals surface area contributed by atoms with Crippen LogP contribution in [0, 0.1) is 11.8 Å². The lowest BCUT2D eigenvalue weighted by Crippen LogP contribution is -2.35. The van der Waals surface area contributed by atoms with Gasteiger partial charge in [0.25, 0.3) is 0 Å². The summed E-state index contributed by atoms with van der Waals surface area (Å²) < 4.78 is 0. The highest BCUT2D eigenvalue weighted by atomic mass is 16.2. The van der Waals surface area contributed by atoms with Gasteiger partial charge in [-0.3, -0.25) is 24.1 Å². The number of hydrogen-bond acceptors (Lipinski definition) is 4. The molecule has 4 atom stereocenters. The van der Waals surface area contributed by atoms with Crippen molar-refractivity contribution < 1.29 is 19.2 Å². The van der Waals surface area contributed by atoms with Crippen molar-refractivity contribution >= 4 is 35.0 Å². The summed E-state index contributed by atoms with van der Waals surface area (Å²) in [6.45, 7) is 4.11. The number of fused-ring (bicyclic) bond motifs is 3. The highest BCUT2D eigenvalue weighted by Gasteiger charge is 2.56. The Hall–Kier alpha value is -4.00. The molecule has 1 unspecified atom stereocenters. The summed E-state index contributed by atoms with van der Waals surface area (Å²) in [7, 11) is 0. The van der Waals surface area contributed by atoms with Gasteiger partial charge in [0.15, 0.2) is 0 Å². The number of benzene rings is 2. The molecule has 7 heteroatoms. The Labute approximate surface area is 215 Å². The van der Waals surface area contributed by atoms with Crippen LogP contribution in [0.4, 0.5) is 11.4 Å². The Bertz CT molecular complexity index is 1410. The van der Waals surface area contributed by atoms with Crippen molar-refractivity contribution in [3.63, 3.8) is 0 Å². The first-order valence-electron chi connectivity index (χ1n) is 13.0. The average molecular weight is 496 g/mol. The van der Waals surface area contributed by atoms with Crippen LogP contribution < -0.4 is 9.80 Å². The smallest absolute Gasteiger partial charge is 0.242 e. The third-order valence-corrected chi connectivity index (χ3v) is 8.33. The normalized spacial score (nSPS) is 25.1. The number of anilines is 2. The molecule has 4 amide bonds. The zero-order valence-electron chi connectivity index (χ0n) is 20.9. The van der Waals surface area contributed by atoms with Crippen molar-refractivity contribution in [1.29, 1.82) is 0 Å². The Balaban J connectivity index is 1.32. The van der Waals surface area contributed by atoms with Gasteiger partial charge in [0.05, 0.1) is 29.1 Å². The van der Waals surface area contributed by atoms with Gasteiger partial charge in [0.1, 0.15) is 0 Å². The van der Waals surface area contributed by atoms with Crippen molar-refractivity contribution in [2.75, 3.05) is 9.80 Å². The van der Waals surface area contributed by atoms with Crippen LogP contribution >= 0.6 is 0 Å². The maximum absolute atomic E-state index is 13.6. The number of rotatable bonds is 5. The Morgan fingerprint density at radius 2 is 1.27 bits per heavy atom. The third kappa shape index (κ3) is 3.56. The number of amides is 4. The van der Waals surface area contributed by atoms with E-state index in [0.717, 1.165) is 35.2 Å². The summed E-state index contributed by atoms with van der Waals surface area (Å²) in [6.07, 6.45) is 3.93. The number of hydrogen-bond donors (Lipinski definition) is 1. The van der Waals surface area contributed by atoms with Gasteiger partial charge in [-0.1, -0.05) is 38.1 Å². The van der Waals surface area contributed by atoms with Gasteiger partial charge in [-0.25, -0.2) is 4.90 Å². The molecule has 0 spiro atoms. The zero-order chi connectivity index (χ0) is 25.8. The molecule has 2 aromatic carbocycles. The number of nitrogens with zero attached hydrogens (tertiary/aromatic N) is 2. The number of carbonyl (C=O) groups is 4. The van der Waals surface area contributed by atoms with E-state index in [2.05, 4.69) is 18.8 Å². The second-order valence-corrected chi connectivity index (χ2v) is 10.2. The van der Waals surface area contributed by atoms with Crippen molar-refractivity contribution in [2.45, 2.75) is 51.4 Å². The number of aromatic amines is 1. The molecular weight excluding hydrogens is 466 g/mol. The van der Waals surface area contributed by atoms with Crippen LogP contribution in [-0.4, -0.2) is 28.6 Å². The van der Waals surface area contributed by atoms with Crippen molar-refractivity contribution in [2.24, 2.45) is 11.8 Å². The molecule has 188 valence electrons. The number of aromatic nitrogens is 1. The van der Waals surface area contributed by atoms with Crippen LogP contribution in [-0.2, 0) is 32.0 Å². The quantitative estimate of drug-likeness (QED) is 0.529. The van der Waals surface area contributed by atoms with E-state index in [9.17, 15) is 19.2 Å². The number of aryl methyl sites for hydroxylation is 2. The van der Waals surface area contributed by atoms with E-state index < -0.39 is 17.8 Å². The lowest BCUT2D eigenvalue weighted by Gasteiger charge is -2.32.